The summed E-state index contributed by atoms with van der Waals surface area (Å²) in [6.45, 7) is 0. The van der Waals surface area contributed by atoms with Gasteiger partial charge in [0, 0.05) is 4.90 Å². The fourth-order valence-corrected chi connectivity index (χ4v) is 1.99. The number of carbonyl (C=O) groups excluding carboxylic acids is 1. The second kappa shape index (κ2) is 2.95. The number of amides is 1. The van der Waals surface area contributed by atoms with E-state index in [0.29, 0.717) is 10.9 Å². The van der Waals surface area contributed by atoms with Gasteiger partial charge in [-0.15, -0.1) is 11.8 Å². The Kier molecular flexibility index (Phi) is 1.94. The summed E-state index contributed by atoms with van der Waals surface area (Å²) in [6, 6.07) is 1.75. The predicted octanol–water partition coefficient (Wildman–Crippen LogP) is 1.78. The molecule has 5 heteroatoms. The number of hydrogen-bond acceptors (Lipinski definition) is 3. The number of pyridine rings is 1. The molecule has 0 aromatic carbocycles. The summed E-state index contributed by atoms with van der Waals surface area (Å²) in [7, 11) is 0. The lowest BCUT2D eigenvalue weighted by molar-refractivity contribution is -0.113. The van der Waals surface area contributed by atoms with Gasteiger partial charge in [0.05, 0.1) is 17.6 Å². The number of fused-ring (bicyclic) bond motifs is 1. The van der Waals surface area contributed by atoms with Crippen LogP contribution in [-0.2, 0) is 4.79 Å². The molecule has 2 rings (SSSR count). The maximum Gasteiger partial charge on any atom is 0.234 e. The Labute approximate surface area is 78.5 Å². The molecular formula is C7H5ClN2OS. The predicted molar refractivity (Wildman–Crippen MR) is 48.6 cm³/mol. The molecule has 1 aromatic rings. The van der Waals surface area contributed by atoms with E-state index < -0.39 is 0 Å². The maximum atomic E-state index is 10.9. The summed E-state index contributed by atoms with van der Waals surface area (Å²) in [6.07, 6.45) is 1.57. The molecule has 0 unspecified atom stereocenters. The molecule has 0 fully saturated rings. The topological polar surface area (TPSA) is 42.0 Å². The summed E-state index contributed by atoms with van der Waals surface area (Å²) in [5.41, 5.74) is 0.751. The number of hydrogen-bond donors (Lipinski definition) is 1. The molecule has 1 N–H and O–H groups in total. The first-order valence-electron chi connectivity index (χ1n) is 3.34. The lowest BCUT2D eigenvalue weighted by Crippen LogP contribution is -2.18. The Hall–Kier alpha value is -0.740. The van der Waals surface area contributed by atoms with Crippen molar-refractivity contribution >= 4 is 35.0 Å². The fraction of sp³-hybridized carbons (Fsp3) is 0.143. The van der Waals surface area contributed by atoms with Gasteiger partial charge in [-0.25, -0.2) is 4.98 Å². The van der Waals surface area contributed by atoms with Crippen LogP contribution in [0, 0.1) is 0 Å². The van der Waals surface area contributed by atoms with Gasteiger partial charge in [0.1, 0.15) is 5.15 Å². The normalized spacial score (nSPS) is 15.2. The van der Waals surface area contributed by atoms with Crippen LogP contribution >= 0.6 is 23.4 Å². The summed E-state index contributed by atoms with van der Waals surface area (Å²) in [5, 5.41) is 3.16. The SMILES string of the molecule is O=C1CSc2cc(Cl)ncc2N1. The van der Waals surface area contributed by atoms with Crippen molar-refractivity contribution < 1.29 is 4.79 Å². The first-order chi connectivity index (χ1) is 5.75. The molecule has 1 aromatic heterocycles. The molecule has 0 atom stereocenters. The number of thioether (sulfide) groups is 1. The average molecular weight is 201 g/mol. The molecule has 12 heavy (non-hydrogen) atoms. The van der Waals surface area contributed by atoms with Gasteiger partial charge in [-0.2, -0.15) is 0 Å². The molecule has 1 amide bonds. The molecule has 3 nitrogen and oxygen atoms in total. The zero-order valence-corrected chi connectivity index (χ0v) is 7.58. The summed E-state index contributed by atoms with van der Waals surface area (Å²) >= 11 is 7.15. The van der Waals surface area contributed by atoms with Gasteiger partial charge in [-0.3, -0.25) is 4.79 Å². The van der Waals surface area contributed by atoms with Crippen LogP contribution in [0.5, 0.6) is 0 Å². The molecule has 1 aliphatic rings. The van der Waals surface area contributed by atoms with Crippen molar-refractivity contribution in [3.63, 3.8) is 0 Å². The Morgan fingerprint density at radius 1 is 1.67 bits per heavy atom. The second-order valence-electron chi connectivity index (χ2n) is 2.34. The highest BCUT2D eigenvalue weighted by Gasteiger charge is 2.15. The maximum absolute atomic E-state index is 10.9. The lowest BCUT2D eigenvalue weighted by atomic mass is 10.4. The largest absolute Gasteiger partial charge is 0.323 e. The lowest BCUT2D eigenvalue weighted by Gasteiger charge is -2.14. The Morgan fingerprint density at radius 3 is 3.33 bits per heavy atom. The third-order valence-electron chi connectivity index (χ3n) is 1.47. The van der Waals surface area contributed by atoms with Crippen LogP contribution in [0.4, 0.5) is 5.69 Å². The molecular weight excluding hydrogens is 196 g/mol. The van der Waals surface area contributed by atoms with E-state index in [2.05, 4.69) is 10.3 Å². The summed E-state index contributed by atoms with van der Waals surface area (Å²) in [4.78, 5) is 15.8. The number of carbonyl (C=O) groups is 1. The van der Waals surface area contributed by atoms with Gasteiger partial charge in [-0.1, -0.05) is 11.6 Å². The van der Waals surface area contributed by atoms with Crippen LogP contribution < -0.4 is 5.32 Å². The molecule has 0 spiro atoms. The van der Waals surface area contributed by atoms with Crippen molar-refractivity contribution in [3.8, 4) is 0 Å². The van der Waals surface area contributed by atoms with E-state index in [1.165, 1.54) is 11.8 Å². The van der Waals surface area contributed by atoms with Crippen molar-refractivity contribution in [1.82, 2.24) is 4.98 Å². The molecule has 2 heterocycles. The van der Waals surface area contributed by atoms with E-state index in [-0.39, 0.29) is 5.91 Å². The second-order valence-corrected chi connectivity index (χ2v) is 3.74. The third-order valence-corrected chi connectivity index (χ3v) is 2.73. The van der Waals surface area contributed by atoms with E-state index in [1.807, 2.05) is 0 Å². The number of aromatic nitrogens is 1. The van der Waals surface area contributed by atoms with Crippen LogP contribution in [0.15, 0.2) is 17.2 Å². The van der Waals surface area contributed by atoms with E-state index in [0.717, 1.165) is 10.6 Å². The van der Waals surface area contributed by atoms with Crippen molar-refractivity contribution in [2.24, 2.45) is 0 Å². The van der Waals surface area contributed by atoms with E-state index in [9.17, 15) is 4.79 Å². The zero-order chi connectivity index (χ0) is 8.55. The smallest absolute Gasteiger partial charge is 0.234 e. The number of nitrogens with one attached hydrogen (secondary N) is 1. The van der Waals surface area contributed by atoms with Crippen LogP contribution in [-0.4, -0.2) is 16.6 Å². The standard InChI is InChI=1S/C7H5ClN2OS/c8-6-1-5-4(2-9-6)10-7(11)3-12-5/h1-2H,3H2,(H,10,11). The number of rotatable bonds is 0. The highest BCUT2D eigenvalue weighted by Crippen LogP contribution is 2.31. The average Bonchev–Trinajstić information content (AvgIpc) is 2.05. The number of halogens is 1. The Morgan fingerprint density at radius 2 is 2.50 bits per heavy atom. The first kappa shape index (κ1) is 7.89. The number of anilines is 1. The monoisotopic (exact) mass is 200 g/mol. The molecule has 0 saturated carbocycles. The van der Waals surface area contributed by atoms with Gasteiger partial charge < -0.3 is 5.32 Å². The van der Waals surface area contributed by atoms with E-state index >= 15 is 0 Å². The minimum Gasteiger partial charge on any atom is -0.323 e. The van der Waals surface area contributed by atoms with Gasteiger partial charge >= 0.3 is 0 Å². The minimum absolute atomic E-state index is 0.0108. The Balaban J connectivity index is 2.43. The van der Waals surface area contributed by atoms with Gasteiger partial charge in [-0.05, 0) is 6.07 Å². The molecule has 0 aliphatic carbocycles. The third kappa shape index (κ3) is 1.40. The highest BCUT2D eigenvalue weighted by molar-refractivity contribution is 8.00. The first-order valence-corrected chi connectivity index (χ1v) is 4.70. The van der Waals surface area contributed by atoms with E-state index in [1.54, 1.807) is 12.3 Å². The van der Waals surface area contributed by atoms with Crippen LogP contribution in [0.2, 0.25) is 5.15 Å². The van der Waals surface area contributed by atoms with Gasteiger partial charge in [0.15, 0.2) is 0 Å². The van der Waals surface area contributed by atoms with Crippen molar-refractivity contribution in [2.45, 2.75) is 4.90 Å². The summed E-state index contributed by atoms with van der Waals surface area (Å²) in [5.74, 6) is 0.462. The number of nitrogens with zero attached hydrogens (tertiary/aromatic N) is 1. The van der Waals surface area contributed by atoms with Crippen LogP contribution in [0.25, 0.3) is 0 Å². The van der Waals surface area contributed by atoms with Gasteiger partial charge in [0.25, 0.3) is 0 Å². The zero-order valence-electron chi connectivity index (χ0n) is 6.00. The molecule has 0 radical (unpaired) electrons. The van der Waals surface area contributed by atoms with Crippen molar-refractivity contribution in [3.05, 3.63) is 17.4 Å². The highest BCUT2D eigenvalue weighted by atomic mass is 35.5. The van der Waals surface area contributed by atoms with Crippen LogP contribution in [0.3, 0.4) is 0 Å². The molecule has 0 bridgehead atoms. The molecule has 62 valence electrons. The summed E-state index contributed by atoms with van der Waals surface area (Å²) < 4.78 is 0. The van der Waals surface area contributed by atoms with Crippen molar-refractivity contribution in [2.75, 3.05) is 11.1 Å². The van der Waals surface area contributed by atoms with Crippen molar-refractivity contribution in [1.29, 1.82) is 0 Å². The minimum atomic E-state index is 0.0108. The van der Waals surface area contributed by atoms with Gasteiger partial charge in [0.2, 0.25) is 5.91 Å². The quantitative estimate of drug-likeness (QED) is 0.650. The molecule has 1 aliphatic heterocycles. The van der Waals surface area contributed by atoms with Crippen LogP contribution in [0.1, 0.15) is 0 Å². The molecule has 0 saturated heterocycles. The Bertz CT molecular complexity index is 342. The fourth-order valence-electron chi connectivity index (χ4n) is 0.956. The van der Waals surface area contributed by atoms with E-state index in [4.69, 9.17) is 11.6 Å².